The number of aryl methyl sites for hydroxylation is 1. The van der Waals surface area contributed by atoms with Crippen LogP contribution in [0.25, 0.3) is 0 Å². The first-order valence-corrected chi connectivity index (χ1v) is 9.46. The fourth-order valence-corrected chi connectivity index (χ4v) is 3.40. The van der Waals surface area contributed by atoms with Gasteiger partial charge in [-0.1, -0.05) is 12.1 Å². The molecule has 1 aliphatic heterocycles. The second-order valence-electron chi connectivity index (χ2n) is 6.90. The number of amides is 3. The quantitative estimate of drug-likeness (QED) is 0.825. The standard InChI is InChI=1S/C21H26N4O3/c1-15-9-10-16(23-20(26)14-28-2)13-18(15)24-21(27)25-12-6-4-8-19(25)17-7-3-5-11-22-17/h3,5,7,9-11,13,19H,4,6,8,12,14H2,1-2H3,(H,23,26)(H,24,27)/t19-/m1/s1. The highest BCUT2D eigenvalue weighted by Crippen LogP contribution is 2.30. The summed E-state index contributed by atoms with van der Waals surface area (Å²) in [5.41, 5.74) is 3.12. The van der Waals surface area contributed by atoms with Gasteiger partial charge in [-0.3, -0.25) is 9.78 Å². The van der Waals surface area contributed by atoms with Crippen molar-refractivity contribution in [2.75, 3.05) is 30.9 Å². The number of hydrogen-bond donors (Lipinski definition) is 2. The number of ether oxygens (including phenoxy) is 1. The van der Waals surface area contributed by atoms with Crippen LogP contribution in [0.15, 0.2) is 42.6 Å². The monoisotopic (exact) mass is 382 g/mol. The molecule has 1 fully saturated rings. The molecular formula is C21H26N4O3. The summed E-state index contributed by atoms with van der Waals surface area (Å²) in [5.74, 6) is -0.241. The van der Waals surface area contributed by atoms with Gasteiger partial charge in [-0.2, -0.15) is 0 Å². The third-order valence-corrected chi connectivity index (χ3v) is 4.83. The Morgan fingerprint density at radius 2 is 2.07 bits per heavy atom. The summed E-state index contributed by atoms with van der Waals surface area (Å²) in [4.78, 5) is 31.1. The van der Waals surface area contributed by atoms with Crippen molar-refractivity contribution >= 4 is 23.3 Å². The van der Waals surface area contributed by atoms with Gasteiger partial charge in [0.2, 0.25) is 5.91 Å². The van der Waals surface area contributed by atoms with E-state index in [4.69, 9.17) is 4.74 Å². The van der Waals surface area contributed by atoms with Gasteiger partial charge >= 0.3 is 6.03 Å². The molecule has 1 atom stereocenters. The van der Waals surface area contributed by atoms with E-state index in [0.29, 0.717) is 17.9 Å². The number of urea groups is 1. The molecule has 1 aromatic carbocycles. The van der Waals surface area contributed by atoms with E-state index < -0.39 is 0 Å². The number of benzene rings is 1. The maximum absolute atomic E-state index is 13.0. The summed E-state index contributed by atoms with van der Waals surface area (Å²) >= 11 is 0. The Kier molecular flexibility index (Phi) is 6.60. The predicted molar refractivity (Wildman–Crippen MR) is 108 cm³/mol. The number of aromatic nitrogens is 1. The smallest absolute Gasteiger partial charge is 0.322 e. The summed E-state index contributed by atoms with van der Waals surface area (Å²) < 4.78 is 4.83. The van der Waals surface area contributed by atoms with E-state index in [1.807, 2.05) is 36.1 Å². The molecule has 2 N–H and O–H groups in total. The van der Waals surface area contributed by atoms with E-state index in [1.54, 1.807) is 18.3 Å². The highest BCUT2D eigenvalue weighted by atomic mass is 16.5. The summed E-state index contributed by atoms with van der Waals surface area (Å²) in [5, 5.41) is 5.76. The zero-order valence-corrected chi connectivity index (χ0v) is 16.3. The first-order valence-electron chi connectivity index (χ1n) is 9.46. The van der Waals surface area contributed by atoms with E-state index in [9.17, 15) is 9.59 Å². The van der Waals surface area contributed by atoms with Gasteiger partial charge in [0.25, 0.3) is 0 Å². The van der Waals surface area contributed by atoms with Crippen molar-refractivity contribution in [2.24, 2.45) is 0 Å². The minimum absolute atomic E-state index is 0.0187. The number of methoxy groups -OCH3 is 1. The van der Waals surface area contributed by atoms with Crippen LogP contribution in [0.4, 0.5) is 16.2 Å². The molecule has 2 aromatic rings. The summed E-state index contributed by atoms with van der Waals surface area (Å²) in [6.45, 7) is 2.59. The van der Waals surface area contributed by atoms with Crippen LogP contribution >= 0.6 is 0 Å². The lowest BCUT2D eigenvalue weighted by Gasteiger charge is -2.35. The average Bonchev–Trinajstić information content (AvgIpc) is 2.71. The minimum atomic E-state index is -0.241. The van der Waals surface area contributed by atoms with Gasteiger partial charge in [-0.15, -0.1) is 0 Å². The molecule has 1 saturated heterocycles. The number of carbonyl (C=O) groups excluding carboxylic acids is 2. The zero-order valence-electron chi connectivity index (χ0n) is 16.3. The van der Waals surface area contributed by atoms with Crippen LogP contribution in [0.2, 0.25) is 0 Å². The Bertz CT molecular complexity index is 826. The number of carbonyl (C=O) groups is 2. The highest BCUT2D eigenvalue weighted by Gasteiger charge is 2.29. The largest absolute Gasteiger partial charge is 0.375 e. The Morgan fingerprint density at radius 1 is 1.21 bits per heavy atom. The van der Waals surface area contributed by atoms with E-state index in [0.717, 1.165) is 30.5 Å². The molecule has 0 unspecified atom stereocenters. The molecule has 3 amide bonds. The SMILES string of the molecule is COCC(=O)Nc1ccc(C)c(NC(=O)N2CCCC[C@@H]2c2ccccn2)c1. The normalized spacial score (nSPS) is 16.5. The van der Waals surface area contributed by atoms with Gasteiger partial charge in [0.05, 0.1) is 11.7 Å². The molecular weight excluding hydrogens is 356 g/mol. The van der Waals surface area contributed by atoms with Crippen molar-refractivity contribution in [3.05, 3.63) is 53.9 Å². The number of rotatable bonds is 5. The third kappa shape index (κ3) is 4.86. The number of pyridine rings is 1. The molecule has 7 heteroatoms. The van der Waals surface area contributed by atoms with Crippen LogP contribution in [0.1, 0.15) is 36.6 Å². The molecule has 3 rings (SSSR count). The molecule has 1 aliphatic rings. The Labute approximate surface area is 165 Å². The van der Waals surface area contributed by atoms with Crippen molar-refractivity contribution in [1.82, 2.24) is 9.88 Å². The van der Waals surface area contributed by atoms with Crippen molar-refractivity contribution in [1.29, 1.82) is 0 Å². The molecule has 0 spiro atoms. The average molecular weight is 382 g/mol. The van der Waals surface area contributed by atoms with Gasteiger partial charge in [-0.25, -0.2) is 4.79 Å². The molecule has 0 bridgehead atoms. The molecule has 0 aliphatic carbocycles. The Hall–Kier alpha value is -2.93. The van der Waals surface area contributed by atoms with Crippen LogP contribution in [0, 0.1) is 6.92 Å². The molecule has 2 heterocycles. The number of hydrogen-bond acceptors (Lipinski definition) is 4. The van der Waals surface area contributed by atoms with Crippen LogP contribution in [-0.2, 0) is 9.53 Å². The van der Waals surface area contributed by atoms with Gasteiger partial charge < -0.3 is 20.3 Å². The second-order valence-corrected chi connectivity index (χ2v) is 6.90. The molecule has 0 saturated carbocycles. The van der Waals surface area contributed by atoms with Gasteiger partial charge in [0, 0.05) is 31.2 Å². The summed E-state index contributed by atoms with van der Waals surface area (Å²) in [6, 6.07) is 11.0. The van der Waals surface area contributed by atoms with Crippen molar-refractivity contribution in [2.45, 2.75) is 32.2 Å². The Balaban J connectivity index is 1.75. The molecule has 28 heavy (non-hydrogen) atoms. The number of nitrogens with zero attached hydrogens (tertiary/aromatic N) is 2. The van der Waals surface area contributed by atoms with Crippen LogP contribution in [0.5, 0.6) is 0 Å². The summed E-state index contributed by atoms with van der Waals surface area (Å²) in [7, 11) is 1.47. The second kappa shape index (κ2) is 9.32. The van der Waals surface area contributed by atoms with Crippen LogP contribution in [0.3, 0.4) is 0 Å². The maximum atomic E-state index is 13.0. The van der Waals surface area contributed by atoms with E-state index >= 15 is 0 Å². The lowest BCUT2D eigenvalue weighted by molar-refractivity contribution is -0.119. The number of likely N-dealkylation sites (tertiary alicyclic amines) is 1. The maximum Gasteiger partial charge on any atom is 0.322 e. The predicted octanol–water partition coefficient (Wildman–Crippen LogP) is 3.73. The van der Waals surface area contributed by atoms with Gasteiger partial charge in [0.15, 0.2) is 0 Å². The fraction of sp³-hybridized carbons (Fsp3) is 0.381. The molecule has 0 radical (unpaired) electrons. The van der Waals surface area contributed by atoms with E-state index in [2.05, 4.69) is 15.6 Å². The van der Waals surface area contributed by atoms with Crippen molar-refractivity contribution in [3.63, 3.8) is 0 Å². The molecule has 1 aromatic heterocycles. The van der Waals surface area contributed by atoms with Gasteiger partial charge in [-0.05, 0) is 56.0 Å². The number of piperidine rings is 1. The van der Waals surface area contributed by atoms with Crippen molar-refractivity contribution in [3.8, 4) is 0 Å². The van der Waals surface area contributed by atoms with Crippen molar-refractivity contribution < 1.29 is 14.3 Å². The Morgan fingerprint density at radius 3 is 2.82 bits per heavy atom. The number of anilines is 2. The zero-order chi connectivity index (χ0) is 19.9. The summed E-state index contributed by atoms with van der Waals surface area (Å²) in [6.07, 6.45) is 4.71. The first-order chi connectivity index (χ1) is 13.6. The molecule has 148 valence electrons. The van der Waals surface area contributed by atoms with Crippen LogP contribution < -0.4 is 10.6 Å². The number of nitrogens with one attached hydrogen (secondary N) is 2. The minimum Gasteiger partial charge on any atom is -0.375 e. The van der Waals surface area contributed by atoms with Gasteiger partial charge in [0.1, 0.15) is 6.61 Å². The van der Waals surface area contributed by atoms with E-state index in [-0.39, 0.29) is 24.6 Å². The lowest BCUT2D eigenvalue weighted by atomic mass is 9.99. The van der Waals surface area contributed by atoms with Crippen LogP contribution in [-0.4, -0.2) is 42.1 Å². The van der Waals surface area contributed by atoms with E-state index in [1.165, 1.54) is 7.11 Å². The first kappa shape index (κ1) is 19.8. The molecule has 7 nitrogen and oxygen atoms in total. The third-order valence-electron chi connectivity index (χ3n) is 4.83. The highest BCUT2D eigenvalue weighted by molar-refractivity contribution is 5.94. The fourth-order valence-electron chi connectivity index (χ4n) is 3.40. The lowest BCUT2D eigenvalue weighted by Crippen LogP contribution is -2.41. The topological polar surface area (TPSA) is 83.6 Å².